The van der Waals surface area contributed by atoms with Crippen molar-refractivity contribution in [3.8, 4) is 5.75 Å². The van der Waals surface area contributed by atoms with E-state index in [1.807, 2.05) is 0 Å². The molecule has 0 bridgehead atoms. The number of imidazole rings is 1. The standard InChI is InChI=1S/C12H14N2O3/c15-9-3-4-11-10(6-9)13-12(16)14(11)8-2-1-5-17-7-8/h3-4,6,8,15H,1-2,5,7H2,(H,13,16). The van der Waals surface area contributed by atoms with Crippen LogP contribution >= 0.6 is 0 Å². The average molecular weight is 234 g/mol. The summed E-state index contributed by atoms with van der Waals surface area (Å²) in [5, 5.41) is 9.38. The van der Waals surface area contributed by atoms with Crippen LogP contribution in [0.1, 0.15) is 18.9 Å². The van der Waals surface area contributed by atoms with Gasteiger partial charge in [-0.05, 0) is 25.0 Å². The molecule has 0 radical (unpaired) electrons. The van der Waals surface area contributed by atoms with Crippen molar-refractivity contribution >= 4 is 11.0 Å². The predicted molar refractivity (Wildman–Crippen MR) is 63.3 cm³/mol. The first-order valence-corrected chi connectivity index (χ1v) is 5.77. The molecule has 1 aliphatic rings. The van der Waals surface area contributed by atoms with Gasteiger partial charge in [0.05, 0.1) is 23.7 Å². The predicted octanol–water partition coefficient (Wildman–Crippen LogP) is 1.39. The minimum atomic E-state index is -0.138. The Morgan fingerprint density at radius 1 is 1.47 bits per heavy atom. The SMILES string of the molecule is O=c1[nH]c2cc(O)ccc2n1C1CCCOC1. The van der Waals surface area contributed by atoms with Crippen LogP contribution in [0.5, 0.6) is 5.75 Å². The third-order valence-corrected chi connectivity index (χ3v) is 3.20. The Morgan fingerprint density at radius 3 is 3.12 bits per heavy atom. The molecule has 90 valence electrons. The van der Waals surface area contributed by atoms with Crippen LogP contribution in [0.25, 0.3) is 11.0 Å². The second-order valence-electron chi connectivity index (χ2n) is 4.37. The van der Waals surface area contributed by atoms with Crippen LogP contribution in [-0.2, 0) is 4.74 Å². The quantitative estimate of drug-likeness (QED) is 0.783. The minimum absolute atomic E-state index is 0.0922. The highest BCUT2D eigenvalue weighted by molar-refractivity contribution is 5.77. The van der Waals surface area contributed by atoms with Crippen molar-refractivity contribution in [3.63, 3.8) is 0 Å². The zero-order chi connectivity index (χ0) is 11.8. The number of nitrogens with zero attached hydrogens (tertiary/aromatic N) is 1. The lowest BCUT2D eigenvalue weighted by Crippen LogP contribution is -2.28. The first-order valence-electron chi connectivity index (χ1n) is 5.77. The van der Waals surface area contributed by atoms with Crippen molar-refractivity contribution in [2.75, 3.05) is 13.2 Å². The lowest BCUT2D eigenvalue weighted by molar-refractivity contribution is 0.0595. The Bertz CT molecular complexity index is 593. The summed E-state index contributed by atoms with van der Waals surface area (Å²) in [6.45, 7) is 1.35. The highest BCUT2D eigenvalue weighted by atomic mass is 16.5. The first-order chi connectivity index (χ1) is 8.25. The van der Waals surface area contributed by atoms with E-state index < -0.39 is 0 Å². The molecule has 1 aromatic carbocycles. The number of nitrogens with one attached hydrogen (secondary N) is 1. The Morgan fingerprint density at radius 2 is 2.35 bits per heavy atom. The molecule has 2 aromatic rings. The fourth-order valence-electron chi connectivity index (χ4n) is 2.41. The van der Waals surface area contributed by atoms with Gasteiger partial charge in [-0.1, -0.05) is 0 Å². The van der Waals surface area contributed by atoms with E-state index >= 15 is 0 Å². The number of rotatable bonds is 1. The molecule has 1 fully saturated rings. The second kappa shape index (κ2) is 3.92. The number of hydrogen-bond donors (Lipinski definition) is 2. The van der Waals surface area contributed by atoms with Gasteiger partial charge in [0, 0.05) is 12.7 Å². The Balaban J connectivity index is 2.14. The molecule has 5 heteroatoms. The summed E-state index contributed by atoms with van der Waals surface area (Å²) in [7, 11) is 0. The lowest BCUT2D eigenvalue weighted by atomic mass is 10.1. The topological polar surface area (TPSA) is 67.2 Å². The number of phenolic OH excluding ortho intramolecular Hbond substituents is 1. The van der Waals surface area contributed by atoms with E-state index in [2.05, 4.69) is 4.98 Å². The Labute approximate surface area is 97.6 Å². The number of H-pyrrole nitrogens is 1. The number of benzene rings is 1. The van der Waals surface area contributed by atoms with E-state index in [0.29, 0.717) is 12.1 Å². The first kappa shape index (κ1) is 10.4. The zero-order valence-corrected chi connectivity index (χ0v) is 9.35. The van der Waals surface area contributed by atoms with Gasteiger partial charge in [-0.3, -0.25) is 4.57 Å². The Kier molecular flexibility index (Phi) is 2.40. The molecule has 3 rings (SSSR count). The highest BCUT2D eigenvalue weighted by Crippen LogP contribution is 2.24. The van der Waals surface area contributed by atoms with Crippen molar-refractivity contribution in [1.29, 1.82) is 0 Å². The van der Waals surface area contributed by atoms with Gasteiger partial charge in [-0.15, -0.1) is 0 Å². The molecule has 0 saturated carbocycles. The van der Waals surface area contributed by atoms with Crippen LogP contribution in [0.4, 0.5) is 0 Å². The molecule has 1 atom stereocenters. The molecule has 0 amide bonds. The average Bonchev–Trinajstić information content (AvgIpc) is 2.65. The zero-order valence-electron chi connectivity index (χ0n) is 9.35. The summed E-state index contributed by atoms with van der Waals surface area (Å²) in [5.41, 5.74) is 1.35. The molecule has 1 saturated heterocycles. The summed E-state index contributed by atoms with van der Waals surface area (Å²) < 4.78 is 7.14. The number of ether oxygens (including phenoxy) is 1. The van der Waals surface area contributed by atoms with Crippen molar-refractivity contribution in [3.05, 3.63) is 28.7 Å². The van der Waals surface area contributed by atoms with Gasteiger partial charge in [-0.2, -0.15) is 0 Å². The molecule has 0 spiro atoms. The number of hydrogen-bond acceptors (Lipinski definition) is 3. The molecule has 1 unspecified atom stereocenters. The van der Waals surface area contributed by atoms with E-state index in [-0.39, 0.29) is 17.5 Å². The van der Waals surface area contributed by atoms with Gasteiger partial charge in [-0.25, -0.2) is 4.79 Å². The fraction of sp³-hybridized carbons (Fsp3) is 0.417. The highest BCUT2D eigenvalue weighted by Gasteiger charge is 2.20. The summed E-state index contributed by atoms with van der Waals surface area (Å²) in [4.78, 5) is 14.7. The summed E-state index contributed by atoms with van der Waals surface area (Å²) in [6.07, 6.45) is 1.93. The maximum Gasteiger partial charge on any atom is 0.326 e. The molecule has 2 heterocycles. The van der Waals surface area contributed by atoms with Gasteiger partial charge in [0.25, 0.3) is 0 Å². The lowest BCUT2D eigenvalue weighted by Gasteiger charge is -2.23. The van der Waals surface area contributed by atoms with Crippen LogP contribution < -0.4 is 5.69 Å². The largest absolute Gasteiger partial charge is 0.508 e. The maximum atomic E-state index is 11.9. The maximum absolute atomic E-state index is 11.9. The molecule has 2 N–H and O–H groups in total. The summed E-state index contributed by atoms with van der Waals surface area (Å²) in [5.74, 6) is 0.158. The smallest absolute Gasteiger partial charge is 0.326 e. The van der Waals surface area contributed by atoms with E-state index in [1.165, 1.54) is 0 Å². The van der Waals surface area contributed by atoms with Crippen molar-refractivity contribution < 1.29 is 9.84 Å². The normalized spacial score (nSPS) is 20.8. The van der Waals surface area contributed by atoms with Crippen LogP contribution in [-0.4, -0.2) is 27.9 Å². The molecule has 5 nitrogen and oxygen atoms in total. The monoisotopic (exact) mass is 234 g/mol. The molecule has 0 aliphatic carbocycles. The number of aromatic hydroxyl groups is 1. The van der Waals surface area contributed by atoms with Crippen LogP contribution in [0.15, 0.2) is 23.0 Å². The fourth-order valence-corrected chi connectivity index (χ4v) is 2.41. The van der Waals surface area contributed by atoms with Gasteiger partial charge in [0.15, 0.2) is 0 Å². The van der Waals surface area contributed by atoms with Crippen LogP contribution in [0.3, 0.4) is 0 Å². The summed E-state index contributed by atoms with van der Waals surface area (Å²) in [6, 6.07) is 5.01. The number of aromatic amines is 1. The van der Waals surface area contributed by atoms with Gasteiger partial charge < -0.3 is 14.8 Å². The molecular weight excluding hydrogens is 220 g/mol. The van der Waals surface area contributed by atoms with Crippen LogP contribution in [0, 0.1) is 0 Å². The van der Waals surface area contributed by atoms with E-state index in [0.717, 1.165) is 25.0 Å². The van der Waals surface area contributed by atoms with E-state index in [4.69, 9.17) is 4.74 Å². The van der Waals surface area contributed by atoms with Gasteiger partial charge >= 0.3 is 5.69 Å². The second-order valence-corrected chi connectivity index (χ2v) is 4.37. The number of fused-ring (bicyclic) bond motifs is 1. The van der Waals surface area contributed by atoms with E-state index in [1.54, 1.807) is 22.8 Å². The van der Waals surface area contributed by atoms with Crippen molar-refractivity contribution in [1.82, 2.24) is 9.55 Å². The third-order valence-electron chi connectivity index (χ3n) is 3.20. The third kappa shape index (κ3) is 1.72. The number of phenols is 1. The van der Waals surface area contributed by atoms with Gasteiger partial charge in [0.1, 0.15) is 5.75 Å². The van der Waals surface area contributed by atoms with E-state index in [9.17, 15) is 9.90 Å². The molecule has 17 heavy (non-hydrogen) atoms. The van der Waals surface area contributed by atoms with Gasteiger partial charge in [0.2, 0.25) is 0 Å². The number of aromatic nitrogens is 2. The summed E-state index contributed by atoms with van der Waals surface area (Å²) >= 11 is 0. The Hall–Kier alpha value is -1.75. The van der Waals surface area contributed by atoms with Crippen LogP contribution in [0.2, 0.25) is 0 Å². The van der Waals surface area contributed by atoms with Crippen molar-refractivity contribution in [2.24, 2.45) is 0 Å². The molecule has 1 aromatic heterocycles. The van der Waals surface area contributed by atoms with Crippen molar-refractivity contribution in [2.45, 2.75) is 18.9 Å². The minimum Gasteiger partial charge on any atom is -0.508 e. The molecular formula is C12H14N2O3. The molecule has 1 aliphatic heterocycles.